The molecule has 1 unspecified atom stereocenters. The molecule has 1 atom stereocenters. The molecule has 7 heteroatoms. The molecule has 2 aromatic rings. The standard InChI is InChI=1S/C19H14F3NO3/c1-11(24)15-16(12-6-3-2-4-7-12)23(18(26)17(15)25)14-9-5-8-13(10-14)19(20,21)22/h2-10,16,25H,1H3. The molecule has 2 aromatic carbocycles. The summed E-state index contributed by atoms with van der Waals surface area (Å²) in [5.74, 6) is -2.19. The van der Waals surface area contributed by atoms with Crippen LogP contribution in [0.15, 0.2) is 65.9 Å². The van der Waals surface area contributed by atoms with E-state index in [1.807, 2.05) is 0 Å². The molecule has 1 N–H and O–H groups in total. The van der Waals surface area contributed by atoms with Gasteiger partial charge in [-0.15, -0.1) is 0 Å². The molecule has 1 aliphatic rings. The maximum atomic E-state index is 13.0. The number of hydrogen-bond donors (Lipinski definition) is 1. The first-order valence-electron chi connectivity index (χ1n) is 7.71. The van der Waals surface area contributed by atoms with Gasteiger partial charge in [0.15, 0.2) is 11.5 Å². The zero-order valence-electron chi connectivity index (χ0n) is 13.6. The third-order valence-electron chi connectivity index (χ3n) is 4.15. The monoisotopic (exact) mass is 361 g/mol. The van der Waals surface area contributed by atoms with Crippen molar-refractivity contribution in [1.29, 1.82) is 0 Å². The number of rotatable bonds is 3. The lowest BCUT2D eigenvalue weighted by Gasteiger charge is -2.27. The summed E-state index contributed by atoms with van der Waals surface area (Å²) in [6, 6.07) is 11.6. The summed E-state index contributed by atoms with van der Waals surface area (Å²) in [7, 11) is 0. The normalized spacial score (nSPS) is 17.8. The van der Waals surface area contributed by atoms with Crippen molar-refractivity contribution >= 4 is 17.4 Å². The van der Waals surface area contributed by atoms with E-state index in [1.54, 1.807) is 30.3 Å². The number of amides is 1. The van der Waals surface area contributed by atoms with Crippen LogP contribution in [0.3, 0.4) is 0 Å². The summed E-state index contributed by atoms with van der Waals surface area (Å²) in [5, 5.41) is 10.2. The van der Waals surface area contributed by atoms with Crippen LogP contribution in [-0.4, -0.2) is 16.8 Å². The average Bonchev–Trinajstić information content (AvgIpc) is 2.87. The topological polar surface area (TPSA) is 57.6 Å². The highest BCUT2D eigenvalue weighted by atomic mass is 19.4. The Morgan fingerprint density at radius 3 is 2.31 bits per heavy atom. The molecule has 0 saturated carbocycles. The van der Waals surface area contributed by atoms with Crippen LogP contribution < -0.4 is 4.90 Å². The van der Waals surface area contributed by atoms with Crippen molar-refractivity contribution in [3.05, 3.63) is 77.1 Å². The minimum atomic E-state index is -4.58. The van der Waals surface area contributed by atoms with Crippen molar-refractivity contribution in [2.75, 3.05) is 4.90 Å². The van der Waals surface area contributed by atoms with Gasteiger partial charge in [0.05, 0.1) is 17.2 Å². The van der Waals surface area contributed by atoms with Crippen molar-refractivity contribution in [3.8, 4) is 0 Å². The molecule has 0 aromatic heterocycles. The van der Waals surface area contributed by atoms with Crippen molar-refractivity contribution in [3.63, 3.8) is 0 Å². The lowest BCUT2D eigenvalue weighted by Crippen LogP contribution is -2.31. The van der Waals surface area contributed by atoms with Gasteiger partial charge in [-0.25, -0.2) is 0 Å². The van der Waals surface area contributed by atoms with E-state index in [0.29, 0.717) is 5.56 Å². The Hall–Kier alpha value is -3.09. The number of nitrogens with zero attached hydrogens (tertiary/aromatic N) is 1. The van der Waals surface area contributed by atoms with E-state index < -0.39 is 35.2 Å². The number of ketones is 1. The molecule has 1 aliphatic heterocycles. The fraction of sp³-hybridized carbons (Fsp3) is 0.158. The predicted molar refractivity (Wildman–Crippen MR) is 88.4 cm³/mol. The second kappa shape index (κ2) is 6.33. The Balaban J connectivity index is 2.17. The van der Waals surface area contributed by atoms with Gasteiger partial charge in [0, 0.05) is 5.69 Å². The molecule has 0 saturated heterocycles. The lowest BCUT2D eigenvalue weighted by molar-refractivity contribution is -0.137. The molecule has 26 heavy (non-hydrogen) atoms. The van der Waals surface area contributed by atoms with Gasteiger partial charge in [0.25, 0.3) is 5.91 Å². The van der Waals surface area contributed by atoms with Crippen LogP contribution in [0.1, 0.15) is 24.1 Å². The van der Waals surface area contributed by atoms with Crippen LogP contribution in [-0.2, 0) is 15.8 Å². The molecule has 4 nitrogen and oxygen atoms in total. The smallest absolute Gasteiger partial charge is 0.416 e. The van der Waals surface area contributed by atoms with Crippen LogP contribution in [0, 0.1) is 0 Å². The number of halogens is 3. The minimum absolute atomic E-state index is 0.0542. The number of benzene rings is 2. The van der Waals surface area contributed by atoms with Crippen LogP contribution in [0.5, 0.6) is 0 Å². The molecule has 0 radical (unpaired) electrons. The summed E-state index contributed by atoms with van der Waals surface area (Å²) in [4.78, 5) is 25.6. The first-order valence-corrected chi connectivity index (χ1v) is 7.71. The first kappa shape index (κ1) is 17.7. The molecule has 134 valence electrons. The predicted octanol–water partition coefficient (Wildman–Crippen LogP) is 4.19. The molecule has 1 amide bonds. The fourth-order valence-electron chi connectivity index (χ4n) is 3.01. The lowest BCUT2D eigenvalue weighted by atomic mass is 9.96. The number of aliphatic hydroxyl groups excluding tert-OH is 1. The number of anilines is 1. The number of alkyl halides is 3. The van der Waals surface area contributed by atoms with Crippen LogP contribution in [0.2, 0.25) is 0 Å². The van der Waals surface area contributed by atoms with E-state index in [4.69, 9.17) is 0 Å². The maximum Gasteiger partial charge on any atom is 0.416 e. The summed E-state index contributed by atoms with van der Waals surface area (Å²) >= 11 is 0. The van der Waals surface area contributed by atoms with E-state index in [-0.39, 0.29) is 11.3 Å². The van der Waals surface area contributed by atoms with Crippen molar-refractivity contribution in [2.45, 2.75) is 19.1 Å². The highest BCUT2D eigenvalue weighted by molar-refractivity contribution is 6.16. The largest absolute Gasteiger partial charge is 0.503 e. The summed E-state index contributed by atoms with van der Waals surface area (Å²) < 4.78 is 39.1. The van der Waals surface area contributed by atoms with Gasteiger partial charge in [-0.1, -0.05) is 36.4 Å². The van der Waals surface area contributed by atoms with E-state index in [0.717, 1.165) is 17.0 Å². The number of carbonyl (C=O) groups is 2. The highest BCUT2D eigenvalue weighted by Crippen LogP contribution is 2.42. The zero-order chi connectivity index (χ0) is 19.1. The van der Waals surface area contributed by atoms with Gasteiger partial charge in [-0.3, -0.25) is 14.5 Å². The fourth-order valence-corrected chi connectivity index (χ4v) is 3.01. The van der Waals surface area contributed by atoms with E-state index >= 15 is 0 Å². The Labute approximate surface area is 147 Å². The highest BCUT2D eigenvalue weighted by Gasteiger charge is 2.43. The molecule has 0 aliphatic carbocycles. The Kier molecular flexibility index (Phi) is 4.31. The van der Waals surface area contributed by atoms with Gasteiger partial charge in [-0.2, -0.15) is 13.2 Å². The van der Waals surface area contributed by atoms with Crippen LogP contribution in [0.4, 0.5) is 18.9 Å². The number of carbonyl (C=O) groups excluding carboxylic acids is 2. The van der Waals surface area contributed by atoms with Crippen molar-refractivity contribution in [2.24, 2.45) is 0 Å². The molecule has 0 bridgehead atoms. The molecular formula is C19H14F3NO3. The number of hydrogen-bond acceptors (Lipinski definition) is 3. The molecular weight excluding hydrogens is 347 g/mol. The van der Waals surface area contributed by atoms with E-state index in [2.05, 4.69) is 0 Å². The molecule has 3 rings (SSSR count). The maximum absolute atomic E-state index is 13.0. The summed E-state index contributed by atoms with van der Waals surface area (Å²) in [6.07, 6.45) is -4.58. The second-order valence-corrected chi connectivity index (χ2v) is 5.85. The summed E-state index contributed by atoms with van der Waals surface area (Å²) in [6.45, 7) is 1.20. The summed E-state index contributed by atoms with van der Waals surface area (Å²) in [5.41, 5.74) is -0.613. The quantitative estimate of drug-likeness (QED) is 0.892. The van der Waals surface area contributed by atoms with Crippen molar-refractivity contribution < 1.29 is 27.9 Å². The van der Waals surface area contributed by atoms with E-state index in [9.17, 15) is 27.9 Å². The molecule has 0 spiro atoms. The van der Waals surface area contributed by atoms with Gasteiger partial charge in [-0.05, 0) is 30.7 Å². The van der Waals surface area contributed by atoms with Gasteiger partial charge in [0.2, 0.25) is 0 Å². The van der Waals surface area contributed by atoms with Crippen LogP contribution >= 0.6 is 0 Å². The third-order valence-corrected chi connectivity index (χ3v) is 4.15. The number of Topliss-reactive ketones (excluding diaryl/α,β-unsaturated/α-hetero) is 1. The average molecular weight is 361 g/mol. The first-order chi connectivity index (χ1) is 12.2. The Morgan fingerprint density at radius 2 is 1.73 bits per heavy atom. The Bertz CT molecular complexity index is 904. The minimum Gasteiger partial charge on any atom is -0.503 e. The van der Waals surface area contributed by atoms with E-state index in [1.165, 1.54) is 19.1 Å². The molecule has 1 heterocycles. The van der Waals surface area contributed by atoms with Gasteiger partial charge >= 0.3 is 6.18 Å². The van der Waals surface area contributed by atoms with Gasteiger partial charge in [0.1, 0.15) is 0 Å². The zero-order valence-corrected chi connectivity index (χ0v) is 13.6. The SMILES string of the molecule is CC(=O)C1=C(O)C(=O)N(c2cccc(C(F)(F)F)c2)C1c1ccccc1. The van der Waals surface area contributed by atoms with Crippen molar-refractivity contribution in [1.82, 2.24) is 0 Å². The second-order valence-electron chi connectivity index (χ2n) is 5.85. The Morgan fingerprint density at radius 1 is 1.08 bits per heavy atom. The van der Waals surface area contributed by atoms with Gasteiger partial charge < -0.3 is 5.11 Å². The molecule has 0 fully saturated rings. The number of aliphatic hydroxyl groups is 1. The third kappa shape index (κ3) is 2.96. The van der Waals surface area contributed by atoms with Crippen LogP contribution in [0.25, 0.3) is 0 Å².